The topological polar surface area (TPSA) is 99.2 Å². The molecule has 0 radical (unpaired) electrons. The number of thioether (sulfide) groups is 1. The van der Waals surface area contributed by atoms with Crippen molar-refractivity contribution in [1.29, 1.82) is 0 Å². The van der Waals surface area contributed by atoms with E-state index in [1.165, 1.54) is 43.5 Å². The van der Waals surface area contributed by atoms with E-state index in [1.54, 1.807) is 24.3 Å². The smallest absolute Gasteiger partial charge is 0.339 e. The van der Waals surface area contributed by atoms with Crippen molar-refractivity contribution in [3.63, 3.8) is 0 Å². The van der Waals surface area contributed by atoms with E-state index >= 15 is 0 Å². The predicted octanol–water partition coefficient (Wildman–Crippen LogP) is 5.23. The molecule has 0 N–H and O–H groups in total. The number of para-hydroxylation sites is 2. The van der Waals surface area contributed by atoms with Gasteiger partial charge in [0.25, 0.3) is 11.1 Å². The van der Waals surface area contributed by atoms with Crippen molar-refractivity contribution in [3.8, 4) is 17.2 Å². The maximum Gasteiger partial charge on any atom is 0.339 e. The zero-order valence-corrected chi connectivity index (χ0v) is 21.3. The maximum absolute atomic E-state index is 12.9. The number of hydrogen-bond donors (Lipinski definition) is 0. The lowest BCUT2D eigenvalue weighted by molar-refractivity contribution is -0.123. The third kappa shape index (κ3) is 5.84. The second-order valence-corrected chi connectivity index (χ2v) is 10.3. The summed E-state index contributed by atoms with van der Waals surface area (Å²) in [6, 6.07) is 19.2. The first kappa shape index (κ1) is 25.6. The zero-order valence-electron chi connectivity index (χ0n) is 18.9. The first-order valence-electron chi connectivity index (χ1n) is 10.6. The number of hydrogen-bond acceptors (Lipinski definition) is 8. The zero-order chi connectivity index (χ0) is 25.7. The van der Waals surface area contributed by atoms with Gasteiger partial charge in [-0.1, -0.05) is 41.9 Å². The van der Waals surface area contributed by atoms with Crippen LogP contribution in [-0.4, -0.2) is 44.7 Å². The quantitative estimate of drug-likeness (QED) is 0.266. The number of imide groups is 1. The van der Waals surface area contributed by atoms with Gasteiger partial charge in [-0.15, -0.1) is 0 Å². The van der Waals surface area contributed by atoms with Gasteiger partial charge in [-0.2, -0.15) is 8.42 Å². The Balaban J connectivity index is 1.56. The molecule has 0 atom stereocenters. The number of ether oxygens (including phenoxy) is 2. The highest BCUT2D eigenvalue weighted by Gasteiger charge is 2.35. The molecular weight excluding hydrogens is 526 g/mol. The van der Waals surface area contributed by atoms with E-state index in [0.717, 1.165) is 16.7 Å². The molecule has 2 amide bonds. The third-order valence-electron chi connectivity index (χ3n) is 5.01. The normalized spacial score (nSPS) is 14.8. The number of amides is 2. The summed E-state index contributed by atoms with van der Waals surface area (Å²) in [5.41, 5.74) is 0.248. The van der Waals surface area contributed by atoms with Crippen LogP contribution in [0.5, 0.6) is 17.2 Å². The lowest BCUT2D eigenvalue weighted by atomic mass is 10.1. The summed E-state index contributed by atoms with van der Waals surface area (Å²) in [6.07, 6.45) is 1.40. The lowest BCUT2D eigenvalue weighted by Crippen LogP contribution is -2.32. The van der Waals surface area contributed by atoms with Gasteiger partial charge in [0.1, 0.15) is 17.3 Å². The Morgan fingerprint density at radius 3 is 2.39 bits per heavy atom. The minimum Gasteiger partial charge on any atom is -0.493 e. The molecule has 1 saturated heterocycles. The van der Waals surface area contributed by atoms with E-state index in [0.29, 0.717) is 10.8 Å². The molecule has 8 nitrogen and oxygen atoms in total. The van der Waals surface area contributed by atoms with Gasteiger partial charge in [0.05, 0.1) is 18.6 Å². The van der Waals surface area contributed by atoms with E-state index < -0.39 is 21.3 Å². The molecule has 0 saturated carbocycles. The number of halogens is 1. The molecule has 36 heavy (non-hydrogen) atoms. The molecule has 3 aromatic rings. The van der Waals surface area contributed by atoms with Gasteiger partial charge in [-0.3, -0.25) is 14.5 Å². The van der Waals surface area contributed by atoms with Gasteiger partial charge in [-0.25, -0.2) is 0 Å². The van der Waals surface area contributed by atoms with Crippen LogP contribution in [0.3, 0.4) is 0 Å². The minimum atomic E-state index is -4.25. The average Bonchev–Trinajstić information content (AvgIpc) is 3.13. The number of carbonyl (C=O) groups is 2. The van der Waals surface area contributed by atoms with Crippen LogP contribution in [0.2, 0.25) is 5.02 Å². The molecule has 0 spiro atoms. The molecule has 11 heteroatoms. The van der Waals surface area contributed by atoms with Crippen LogP contribution in [0.25, 0.3) is 6.08 Å². The minimum absolute atomic E-state index is 0.0588. The largest absolute Gasteiger partial charge is 0.493 e. The maximum atomic E-state index is 12.9. The first-order valence-corrected chi connectivity index (χ1v) is 13.2. The van der Waals surface area contributed by atoms with Crippen LogP contribution in [0.15, 0.2) is 82.6 Å². The number of carbonyl (C=O) groups excluding carboxylic acids is 2. The molecule has 0 aliphatic carbocycles. The van der Waals surface area contributed by atoms with Crippen LogP contribution in [-0.2, 0) is 14.9 Å². The van der Waals surface area contributed by atoms with Crippen LogP contribution in [0.4, 0.5) is 4.79 Å². The molecule has 4 rings (SSSR count). The summed E-state index contributed by atoms with van der Waals surface area (Å²) < 4.78 is 42.1. The van der Waals surface area contributed by atoms with E-state index in [1.807, 2.05) is 18.2 Å². The summed E-state index contributed by atoms with van der Waals surface area (Å²) >= 11 is 6.60. The summed E-state index contributed by atoms with van der Waals surface area (Å²) in [5.74, 6) is 0.127. The summed E-state index contributed by atoms with van der Waals surface area (Å²) in [4.78, 5) is 26.5. The molecule has 1 heterocycles. The van der Waals surface area contributed by atoms with Crippen LogP contribution in [0, 0.1) is 0 Å². The van der Waals surface area contributed by atoms with E-state index in [9.17, 15) is 18.0 Å². The molecule has 0 unspecified atom stereocenters. The Hall–Kier alpha value is -3.47. The molecule has 1 fully saturated rings. The molecule has 3 aromatic carbocycles. The van der Waals surface area contributed by atoms with E-state index in [-0.39, 0.29) is 40.0 Å². The van der Waals surface area contributed by atoms with Gasteiger partial charge in [-0.05, 0) is 60.3 Å². The Morgan fingerprint density at radius 1 is 0.972 bits per heavy atom. The summed E-state index contributed by atoms with van der Waals surface area (Å²) in [5, 5.41) is -0.0844. The van der Waals surface area contributed by atoms with Gasteiger partial charge >= 0.3 is 10.1 Å². The molecule has 0 aromatic heterocycles. The Bertz CT molecular complexity index is 1410. The van der Waals surface area contributed by atoms with Crippen LogP contribution >= 0.6 is 23.4 Å². The predicted molar refractivity (Wildman–Crippen MR) is 137 cm³/mol. The SMILES string of the molecule is COc1cccc(/C=C2\SC(=O)N(CCOc3ccccc3)C2=O)c1OS(=O)(=O)c1ccc(Cl)cc1. The highest BCUT2D eigenvalue weighted by atomic mass is 35.5. The number of rotatable bonds is 9. The van der Waals surface area contributed by atoms with Gasteiger partial charge in [0.15, 0.2) is 11.5 Å². The van der Waals surface area contributed by atoms with E-state index in [2.05, 4.69) is 0 Å². The fraction of sp³-hybridized carbons (Fsp3) is 0.120. The Labute approximate surface area is 217 Å². The molecular formula is C25H20ClNO7S2. The van der Waals surface area contributed by atoms with Crippen molar-refractivity contribution in [2.24, 2.45) is 0 Å². The second-order valence-electron chi connectivity index (χ2n) is 7.36. The second kappa shape index (κ2) is 11.1. The Kier molecular flexibility index (Phi) is 7.88. The number of benzene rings is 3. The van der Waals surface area contributed by atoms with Gasteiger partial charge in [0, 0.05) is 10.6 Å². The third-order valence-corrected chi connectivity index (χ3v) is 7.41. The highest BCUT2D eigenvalue weighted by molar-refractivity contribution is 8.18. The van der Waals surface area contributed by atoms with Gasteiger partial charge in [0.2, 0.25) is 0 Å². The lowest BCUT2D eigenvalue weighted by Gasteiger charge is -2.14. The molecule has 1 aliphatic rings. The van der Waals surface area contributed by atoms with Crippen LogP contribution in [0.1, 0.15) is 5.56 Å². The molecule has 1 aliphatic heterocycles. The summed E-state index contributed by atoms with van der Waals surface area (Å²) in [7, 11) is -2.88. The van der Waals surface area contributed by atoms with Gasteiger partial charge < -0.3 is 13.7 Å². The van der Waals surface area contributed by atoms with E-state index in [4.69, 9.17) is 25.3 Å². The monoisotopic (exact) mass is 545 g/mol. The van der Waals surface area contributed by atoms with Crippen molar-refractivity contribution in [1.82, 2.24) is 4.90 Å². The number of methoxy groups -OCH3 is 1. The van der Waals surface area contributed by atoms with Crippen molar-refractivity contribution in [3.05, 3.63) is 88.3 Å². The fourth-order valence-corrected chi connectivity index (χ4v) is 5.21. The number of nitrogens with zero attached hydrogens (tertiary/aromatic N) is 1. The first-order chi connectivity index (χ1) is 17.3. The van der Waals surface area contributed by atoms with Crippen molar-refractivity contribution in [2.45, 2.75) is 4.90 Å². The molecule has 186 valence electrons. The standard InChI is InChI=1S/C25H20ClNO7S2/c1-32-21-9-5-6-17(23(21)34-36(30,31)20-12-10-18(26)11-13-20)16-22-24(28)27(25(29)35-22)14-15-33-19-7-3-2-4-8-19/h2-13,16H,14-15H2,1H3/b22-16-. The van der Waals surface area contributed by atoms with Crippen molar-refractivity contribution in [2.75, 3.05) is 20.3 Å². The Morgan fingerprint density at radius 2 is 1.69 bits per heavy atom. The average molecular weight is 546 g/mol. The highest BCUT2D eigenvalue weighted by Crippen LogP contribution is 2.38. The van der Waals surface area contributed by atoms with Crippen molar-refractivity contribution < 1.29 is 31.7 Å². The fourth-order valence-electron chi connectivity index (χ4n) is 3.26. The van der Waals surface area contributed by atoms with Crippen LogP contribution < -0.4 is 13.7 Å². The molecule has 0 bridgehead atoms. The summed E-state index contributed by atoms with van der Waals surface area (Å²) in [6.45, 7) is 0.186. The van der Waals surface area contributed by atoms with Crippen molar-refractivity contribution >= 4 is 50.7 Å².